The van der Waals surface area contributed by atoms with E-state index in [2.05, 4.69) is 19.5 Å². The Kier molecular flexibility index (Phi) is 5.57. The van der Waals surface area contributed by atoms with Crippen LogP contribution in [-0.4, -0.2) is 42.6 Å². The van der Waals surface area contributed by atoms with Crippen molar-refractivity contribution >= 4 is 10.0 Å². The van der Waals surface area contributed by atoms with Crippen molar-refractivity contribution in [3.8, 4) is 17.1 Å². The van der Waals surface area contributed by atoms with E-state index >= 15 is 0 Å². The standard InChI is InChI=1S/C13H14F2N4O4S/c1-24(21,22)17-6-7-19-12(20)5-3-10(18-19)9-2-4-11(16-8-9)23-13(14)15/h2-5,8,13,17H,6-7H2,1H3. The second-order valence-electron chi connectivity index (χ2n) is 4.71. The maximum Gasteiger partial charge on any atom is 0.388 e. The maximum absolute atomic E-state index is 12.1. The van der Waals surface area contributed by atoms with Crippen molar-refractivity contribution in [2.75, 3.05) is 12.8 Å². The SMILES string of the molecule is CS(=O)(=O)NCCn1nc(-c2ccc(OC(F)F)nc2)ccc1=O. The molecule has 0 radical (unpaired) electrons. The summed E-state index contributed by atoms with van der Waals surface area (Å²) in [6.45, 7) is -2.92. The number of ether oxygens (including phenoxy) is 1. The van der Waals surface area contributed by atoms with Crippen molar-refractivity contribution in [3.05, 3.63) is 40.8 Å². The number of rotatable bonds is 7. The molecule has 0 unspecified atom stereocenters. The van der Waals surface area contributed by atoms with Crippen molar-refractivity contribution in [2.45, 2.75) is 13.2 Å². The summed E-state index contributed by atoms with van der Waals surface area (Å²) in [4.78, 5) is 15.5. The van der Waals surface area contributed by atoms with Gasteiger partial charge in [-0.2, -0.15) is 13.9 Å². The number of hydrogen-bond acceptors (Lipinski definition) is 6. The topological polar surface area (TPSA) is 103 Å². The number of alkyl halides is 2. The first-order valence-electron chi connectivity index (χ1n) is 6.68. The fourth-order valence-electron chi connectivity index (χ4n) is 1.79. The van der Waals surface area contributed by atoms with E-state index in [1.165, 1.54) is 30.5 Å². The van der Waals surface area contributed by atoms with Gasteiger partial charge in [0, 0.05) is 30.4 Å². The van der Waals surface area contributed by atoms with E-state index in [1.807, 2.05) is 0 Å². The van der Waals surface area contributed by atoms with E-state index in [0.717, 1.165) is 10.9 Å². The lowest BCUT2D eigenvalue weighted by atomic mass is 10.2. The van der Waals surface area contributed by atoms with Gasteiger partial charge in [0.2, 0.25) is 15.9 Å². The Morgan fingerprint density at radius 3 is 2.62 bits per heavy atom. The first-order valence-corrected chi connectivity index (χ1v) is 8.58. The fraction of sp³-hybridized carbons (Fsp3) is 0.308. The van der Waals surface area contributed by atoms with Crippen LogP contribution in [0, 0.1) is 0 Å². The van der Waals surface area contributed by atoms with Crippen molar-refractivity contribution in [1.82, 2.24) is 19.5 Å². The van der Waals surface area contributed by atoms with Gasteiger partial charge < -0.3 is 4.74 Å². The Morgan fingerprint density at radius 1 is 1.29 bits per heavy atom. The van der Waals surface area contributed by atoms with Gasteiger partial charge in [-0.3, -0.25) is 4.79 Å². The normalized spacial score (nSPS) is 11.7. The highest BCUT2D eigenvalue weighted by atomic mass is 32.2. The number of aromatic nitrogens is 3. The fourth-order valence-corrected chi connectivity index (χ4v) is 2.25. The highest BCUT2D eigenvalue weighted by Crippen LogP contribution is 2.18. The molecule has 0 bridgehead atoms. The molecule has 0 aliphatic carbocycles. The predicted molar refractivity (Wildman–Crippen MR) is 81.2 cm³/mol. The maximum atomic E-state index is 12.1. The van der Waals surface area contributed by atoms with Crippen LogP contribution in [0.1, 0.15) is 0 Å². The number of nitrogens with one attached hydrogen (secondary N) is 1. The predicted octanol–water partition coefficient (Wildman–Crippen LogP) is 0.456. The minimum atomic E-state index is -3.36. The largest absolute Gasteiger partial charge is 0.417 e. The Balaban J connectivity index is 2.16. The molecule has 0 saturated heterocycles. The van der Waals surface area contributed by atoms with Crippen molar-refractivity contribution in [1.29, 1.82) is 0 Å². The van der Waals surface area contributed by atoms with Crippen LogP contribution in [0.5, 0.6) is 5.88 Å². The highest BCUT2D eigenvalue weighted by Gasteiger charge is 2.08. The Bertz CT molecular complexity index is 853. The summed E-state index contributed by atoms with van der Waals surface area (Å²) in [7, 11) is -3.36. The van der Waals surface area contributed by atoms with Crippen LogP contribution in [0.15, 0.2) is 35.3 Å². The van der Waals surface area contributed by atoms with E-state index in [4.69, 9.17) is 0 Å². The molecule has 2 heterocycles. The molecule has 0 aromatic carbocycles. The van der Waals surface area contributed by atoms with Crippen LogP contribution in [0.4, 0.5) is 8.78 Å². The molecule has 1 N–H and O–H groups in total. The molecule has 24 heavy (non-hydrogen) atoms. The second kappa shape index (κ2) is 7.45. The molecule has 0 spiro atoms. The summed E-state index contributed by atoms with van der Waals surface area (Å²) in [6.07, 6.45) is 2.29. The summed E-state index contributed by atoms with van der Waals surface area (Å²) in [5.41, 5.74) is 0.464. The van der Waals surface area contributed by atoms with E-state index in [9.17, 15) is 22.0 Å². The molecule has 0 aliphatic heterocycles. The van der Waals surface area contributed by atoms with Crippen molar-refractivity contribution in [2.24, 2.45) is 0 Å². The Hall–Kier alpha value is -2.40. The monoisotopic (exact) mass is 360 g/mol. The van der Waals surface area contributed by atoms with E-state index in [0.29, 0.717) is 11.3 Å². The third-order valence-electron chi connectivity index (χ3n) is 2.80. The lowest BCUT2D eigenvalue weighted by Crippen LogP contribution is -2.31. The summed E-state index contributed by atoms with van der Waals surface area (Å²) in [6, 6.07) is 5.44. The van der Waals surface area contributed by atoms with Gasteiger partial charge in [-0.15, -0.1) is 0 Å². The van der Waals surface area contributed by atoms with Crippen LogP contribution in [0.3, 0.4) is 0 Å². The molecule has 0 amide bonds. The number of nitrogens with zero attached hydrogens (tertiary/aromatic N) is 3. The zero-order chi connectivity index (χ0) is 17.7. The second-order valence-corrected chi connectivity index (χ2v) is 6.54. The molecular weight excluding hydrogens is 346 g/mol. The zero-order valence-corrected chi connectivity index (χ0v) is 13.3. The highest BCUT2D eigenvalue weighted by molar-refractivity contribution is 7.88. The smallest absolute Gasteiger partial charge is 0.388 e. The van der Waals surface area contributed by atoms with E-state index < -0.39 is 22.2 Å². The minimum absolute atomic E-state index is 0.00854. The van der Waals surface area contributed by atoms with Crippen molar-refractivity contribution < 1.29 is 21.9 Å². The molecular formula is C13H14F2N4O4S. The van der Waals surface area contributed by atoms with Crippen LogP contribution in [0.2, 0.25) is 0 Å². The van der Waals surface area contributed by atoms with E-state index in [1.54, 1.807) is 0 Å². The van der Waals surface area contributed by atoms with Gasteiger partial charge in [0.25, 0.3) is 5.56 Å². The van der Waals surface area contributed by atoms with Crippen molar-refractivity contribution in [3.63, 3.8) is 0 Å². The van der Waals surface area contributed by atoms with Crippen LogP contribution in [-0.2, 0) is 16.6 Å². The molecule has 130 valence electrons. The molecule has 0 aliphatic rings. The van der Waals surface area contributed by atoms with Gasteiger partial charge in [0.15, 0.2) is 0 Å². The van der Waals surface area contributed by atoms with Gasteiger partial charge in [-0.05, 0) is 12.1 Å². The molecule has 8 nitrogen and oxygen atoms in total. The van der Waals surface area contributed by atoms with Gasteiger partial charge >= 0.3 is 6.61 Å². The van der Waals surface area contributed by atoms with Crippen LogP contribution >= 0.6 is 0 Å². The average molecular weight is 360 g/mol. The molecule has 0 atom stereocenters. The number of sulfonamides is 1. The summed E-state index contributed by atoms with van der Waals surface area (Å²) >= 11 is 0. The average Bonchev–Trinajstić information content (AvgIpc) is 2.48. The molecule has 11 heteroatoms. The van der Waals surface area contributed by atoms with Gasteiger partial charge in [-0.1, -0.05) is 0 Å². The number of pyridine rings is 1. The van der Waals surface area contributed by atoms with E-state index in [-0.39, 0.29) is 19.0 Å². The summed E-state index contributed by atoms with van der Waals surface area (Å²) in [5, 5.41) is 4.09. The van der Waals surface area contributed by atoms with Gasteiger partial charge in [-0.25, -0.2) is 22.8 Å². The third-order valence-corrected chi connectivity index (χ3v) is 3.52. The first kappa shape index (κ1) is 17.9. The summed E-state index contributed by atoms with van der Waals surface area (Å²) < 4.78 is 53.7. The molecule has 0 fully saturated rings. The minimum Gasteiger partial charge on any atom is -0.417 e. The molecule has 2 rings (SSSR count). The van der Waals surface area contributed by atoms with Crippen LogP contribution < -0.4 is 15.0 Å². The number of halogens is 2. The first-order chi connectivity index (χ1) is 11.2. The van der Waals surface area contributed by atoms with Crippen LogP contribution in [0.25, 0.3) is 11.3 Å². The summed E-state index contributed by atoms with van der Waals surface area (Å²) in [5.74, 6) is -0.237. The third kappa shape index (κ3) is 5.35. The Morgan fingerprint density at radius 2 is 2.04 bits per heavy atom. The van der Waals surface area contributed by atoms with Gasteiger partial charge in [0.1, 0.15) is 0 Å². The lowest BCUT2D eigenvalue weighted by molar-refractivity contribution is -0.0528. The lowest BCUT2D eigenvalue weighted by Gasteiger charge is -2.08. The molecule has 0 saturated carbocycles. The zero-order valence-electron chi connectivity index (χ0n) is 12.5. The Labute approximate surface area is 136 Å². The molecule has 2 aromatic rings. The quantitative estimate of drug-likeness (QED) is 0.769. The molecule has 2 aromatic heterocycles. The van der Waals surface area contributed by atoms with Gasteiger partial charge in [0.05, 0.1) is 18.5 Å². The number of hydrogen-bond donors (Lipinski definition) is 1.